The lowest BCUT2D eigenvalue weighted by atomic mass is 10.0. The van der Waals surface area contributed by atoms with E-state index in [-0.39, 0.29) is 17.9 Å². The van der Waals surface area contributed by atoms with E-state index in [2.05, 4.69) is 10.6 Å². The molecule has 0 radical (unpaired) electrons. The first-order valence-electron chi connectivity index (χ1n) is 11.1. The van der Waals surface area contributed by atoms with Gasteiger partial charge in [0, 0.05) is 22.8 Å². The van der Waals surface area contributed by atoms with Crippen LogP contribution in [0.2, 0.25) is 0 Å². The van der Waals surface area contributed by atoms with Gasteiger partial charge in [-0.1, -0.05) is 24.3 Å². The van der Waals surface area contributed by atoms with Crippen molar-refractivity contribution in [1.82, 2.24) is 5.32 Å². The van der Waals surface area contributed by atoms with Crippen molar-refractivity contribution in [3.05, 3.63) is 60.2 Å². The largest absolute Gasteiger partial charge is 0.444 e. The third kappa shape index (κ3) is 4.51. The van der Waals surface area contributed by atoms with Crippen molar-refractivity contribution in [2.24, 2.45) is 0 Å². The molecule has 1 fully saturated rings. The number of ether oxygens (including phenoxy) is 1. The van der Waals surface area contributed by atoms with Crippen LogP contribution in [0.25, 0.3) is 10.8 Å². The molecule has 0 aromatic heterocycles. The van der Waals surface area contributed by atoms with Crippen LogP contribution in [0.4, 0.5) is 21.9 Å². The van der Waals surface area contributed by atoms with Gasteiger partial charge in [0.15, 0.2) is 0 Å². The summed E-state index contributed by atoms with van der Waals surface area (Å²) in [7, 11) is 0. The van der Waals surface area contributed by atoms with Crippen molar-refractivity contribution in [1.29, 1.82) is 0 Å². The highest BCUT2D eigenvalue weighted by molar-refractivity contribution is 8.00. The number of cyclic esters (lactones) is 1. The van der Waals surface area contributed by atoms with Gasteiger partial charge in [0.1, 0.15) is 6.10 Å². The summed E-state index contributed by atoms with van der Waals surface area (Å²) < 4.78 is 5.51. The predicted octanol–water partition coefficient (Wildman–Crippen LogP) is 4.00. The molecule has 3 aromatic carbocycles. The zero-order valence-corrected chi connectivity index (χ0v) is 19.2. The Morgan fingerprint density at radius 3 is 2.76 bits per heavy atom. The predicted molar refractivity (Wildman–Crippen MR) is 133 cm³/mol. The highest BCUT2D eigenvalue weighted by Crippen LogP contribution is 2.35. The highest BCUT2D eigenvalue weighted by Gasteiger charge is 2.32. The number of nitrogens with two attached hydrogens (primary N) is 1. The van der Waals surface area contributed by atoms with Crippen LogP contribution in [0.3, 0.4) is 0 Å². The summed E-state index contributed by atoms with van der Waals surface area (Å²) in [6.45, 7) is 0.867. The number of nitrogens with zero attached hydrogens (tertiary/aromatic N) is 1. The maximum absolute atomic E-state index is 12.6. The number of nitrogens with one attached hydrogen (secondary N) is 2. The lowest BCUT2D eigenvalue weighted by Gasteiger charge is -2.20. The van der Waals surface area contributed by atoms with Gasteiger partial charge < -0.3 is 21.1 Å². The fourth-order valence-electron chi connectivity index (χ4n) is 4.20. The molecule has 2 aliphatic rings. The van der Waals surface area contributed by atoms with Crippen LogP contribution in [0.5, 0.6) is 0 Å². The number of amides is 3. The van der Waals surface area contributed by atoms with Gasteiger partial charge in [-0.25, -0.2) is 4.79 Å². The molecule has 2 aliphatic heterocycles. The topological polar surface area (TPSA) is 114 Å². The van der Waals surface area contributed by atoms with Crippen LogP contribution in [0, 0.1) is 0 Å². The van der Waals surface area contributed by atoms with Crippen molar-refractivity contribution in [3.63, 3.8) is 0 Å². The van der Waals surface area contributed by atoms with E-state index in [0.29, 0.717) is 54.3 Å². The van der Waals surface area contributed by atoms with Crippen molar-refractivity contribution >= 4 is 57.5 Å². The molecule has 0 spiro atoms. The third-order valence-corrected chi connectivity index (χ3v) is 7.01. The van der Waals surface area contributed by atoms with E-state index in [1.165, 1.54) is 11.8 Å². The van der Waals surface area contributed by atoms with Crippen molar-refractivity contribution in [2.45, 2.75) is 23.8 Å². The van der Waals surface area contributed by atoms with Crippen LogP contribution in [0.15, 0.2) is 59.5 Å². The summed E-state index contributed by atoms with van der Waals surface area (Å²) in [6, 6.07) is 16.9. The van der Waals surface area contributed by atoms with E-state index in [1.807, 2.05) is 42.5 Å². The number of rotatable bonds is 6. The van der Waals surface area contributed by atoms with Crippen LogP contribution in [-0.4, -0.2) is 42.9 Å². The fraction of sp³-hybridized carbons (Fsp3) is 0.240. The summed E-state index contributed by atoms with van der Waals surface area (Å²) in [4.78, 5) is 39.3. The van der Waals surface area contributed by atoms with Crippen molar-refractivity contribution in [3.8, 4) is 0 Å². The number of fused-ring (bicyclic) bond motifs is 2. The summed E-state index contributed by atoms with van der Waals surface area (Å²) in [5, 5.41) is 7.70. The second-order valence-electron chi connectivity index (χ2n) is 8.32. The zero-order chi connectivity index (χ0) is 23.7. The minimum absolute atomic E-state index is 0.0518. The molecule has 3 aromatic rings. The first-order chi connectivity index (χ1) is 16.5. The average Bonchev–Trinajstić information content (AvgIpc) is 3.21. The molecule has 3 amide bonds. The van der Waals surface area contributed by atoms with Crippen LogP contribution < -0.4 is 21.3 Å². The molecular weight excluding hydrogens is 452 g/mol. The van der Waals surface area contributed by atoms with E-state index in [9.17, 15) is 14.4 Å². The van der Waals surface area contributed by atoms with Crippen molar-refractivity contribution in [2.75, 3.05) is 34.8 Å². The smallest absolute Gasteiger partial charge is 0.414 e. The van der Waals surface area contributed by atoms with Gasteiger partial charge in [-0.3, -0.25) is 14.5 Å². The van der Waals surface area contributed by atoms with Gasteiger partial charge in [-0.05, 0) is 53.9 Å². The van der Waals surface area contributed by atoms with E-state index in [0.717, 1.165) is 15.7 Å². The summed E-state index contributed by atoms with van der Waals surface area (Å²) in [6.07, 6.45) is 0.595. The minimum atomic E-state index is -0.410. The molecule has 0 unspecified atom stereocenters. The van der Waals surface area contributed by atoms with E-state index >= 15 is 0 Å². The molecule has 0 aliphatic carbocycles. The van der Waals surface area contributed by atoms with Crippen molar-refractivity contribution < 1.29 is 19.1 Å². The van der Waals surface area contributed by atoms with Crippen LogP contribution in [0.1, 0.15) is 23.2 Å². The van der Waals surface area contributed by atoms with Gasteiger partial charge in [0.25, 0.3) is 5.91 Å². The lowest BCUT2D eigenvalue weighted by molar-refractivity contribution is -0.113. The van der Waals surface area contributed by atoms with Gasteiger partial charge >= 0.3 is 6.09 Å². The van der Waals surface area contributed by atoms with E-state index in [4.69, 9.17) is 10.5 Å². The molecule has 8 nitrogen and oxygen atoms in total. The quantitative estimate of drug-likeness (QED) is 0.366. The Bertz CT molecular complexity index is 1300. The summed E-state index contributed by atoms with van der Waals surface area (Å²) in [5.41, 5.74) is 8.38. The molecular formula is C25H24N4O4S. The summed E-state index contributed by atoms with van der Waals surface area (Å²) in [5.74, 6) is 0.121. The Balaban J connectivity index is 1.14. The Kier molecular flexibility index (Phi) is 6.02. The molecule has 2 heterocycles. The first kappa shape index (κ1) is 22.1. The molecule has 34 heavy (non-hydrogen) atoms. The number of nitrogen functional groups attached to an aromatic ring is 1. The van der Waals surface area contributed by atoms with Gasteiger partial charge in [0.2, 0.25) is 5.91 Å². The second kappa shape index (κ2) is 9.26. The second-order valence-corrected chi connectivity index (χ2v) is 9.34. The average molecular weight is 477 g/mol. The van der Waals surface area contributed by atoms with Gasteiger partial charge in [0.05, 0.1) is 23.5 Å². The first-order valence-corrected chi connectivity index (χ1v) is 12.1. The highest BCUT2D eigenvalue weighted by atomic mass is 32.2. The Hall–Kier alpha value is -3.72. The minimum Gasteiger partial charge on any atom is -0.444 e. The van der Waals surface area contributed by atoms with Crippen LogP contribution in [-0.2, 0) is 9.53 Å². The number of hydrogen-bond acceptors (Lipinski definition) is 6. The number of hydrogen-bond donors (Lipinski definition) is 3. The molecule has 174 valence electrons. The normalized spacial score (nSPS) is 17.3. The van der Waals surface area contributed by atoms with E-state index < -0.39 is 6.09 Å². The number of benzene rings is 3. The molecule has 1 atom stereocenters. The Labute approximate surface area is 200 Å². The number of carbonyl (C=O) groups excluding carboxylic acids is 3. The molecule has 0 bridgehead atoms. The van der Waals surface area contributed by atoms with Gasteiger partial charge in [-0.2, -0.15) is 0 Å². The van der Waals surface area contributed by atoms with E-state index in [1.54, 1.807) is 17.0 Å². The standard InChI is InChI=1S/C25H24N4O4S/c26-20-11-16-5-2-1-4-15(16)10-19(20)24(31)27-9-3-6-18-13-29(25(32)33-18)17-7-8-22-21(12-17)28-23(30)14-34-22/h1-2,4-5,7-8,10-12,18H,3,6,9,13-14,26H2,(H,27,31)(H,28,30)/t18-/m0/s1. The molecule has 5 rings (SSSR count). The molecule has 9 heteroatoms. The lowest BCUT2D eigenvalue weighted by Crippen LogP contribution is -2.27. The SMILES string of the molecule is Nc1cc2ccccc2cc1C(=O)NCCC[C@H]1CN(c2ccc3c(c2)NC(=O)CS3)C(=O)O1. The number of carbonyl (C=O) groups is 3. The third-order valence-electron chi connectivity index (χ3n) is 5.93. The molecule has 4 N–H and O–H groups in total. The maximum atomic E-state index is 12.6. The maximum Gasteiger partial charge on any atom is 0.414 e. The van der Waals surface area contributed by atoms with Crippen LogP contribution >= 0.6 is 11.8 Å². The number of anilines is 3. The fourth-order valence-corrected chi connectivity index (χ4v) is 4.99. The molecule has 0 saturated carbocycles. The Morgan fingerprint density at radius 2 is 1.94 bits per heavy atom. The Morgan fingerprint density at radius 1 is 1.15 bits per heavy atom. The zero-order valence-electron chi connectivity index (χ0n) is 18.4. The number of thioether (sulfide) groups is 1. The molecule has 1 saturated heterocycles. The monoisotopic (exact) mass is 476 g/mol. The summed E-state index contributed by atoms with van der Waals surface area (Å²) >= 11 is 1.48. The van der Waals surface area contributed by atoms with Gasteiger partial charge in [-0.15, -0.1) is 11.8 Å².